The number of thiophene rings is 1. The van der Waals surface area contributed by atoms with Gasteiger partial charge in [-0.15, -0.1) is 0 Å². The van der Waals surface area contributed by atoms with Gasteiger partial charge in [-0.1, -0.05) is 0 Å². The monoisotopic (exact) mass is 336 g/mol. The Morgan fingerprint density at radius 1 is 1.17 bits per heavy atom. The van der Waals surface area contributed by atoms with E-state index in [9.17, 15) is 9.59 Å². The summed E-state index contributed by atoms with van der Waals surface area (Å²) in [6, 6.07) is 1.85. The molecule has 0 aliphatic carbocycles. The molecular weight excluding hydrogens is 316 g/mol. The van der Waals surface area contributed by atoms with Crippen molar-refractivity contribution in [1.82, 2.24) is 9.80 Å². The van der Waals surface area contributed by atoms with Crippen LogP contribution in [0.15, 0.2) is 16.8 Å². The predicted octanol–water partition coefficient (Wildman–Crippen LogP) is 0.694. The average Bonchev–Trinajstić information content (AvgIpc) is 3.30. The van der Waals surface area contributed by atoms with Crippen molar-refractivity contribution in [2.45, 2.75) is 6.10 Å². The van der Waals surface area contributed by atoms with Crippen LogP contribution in [0.5, 0.6) is 0 Å². The molecule has 0 spiro atoms. The second-order valence-corrected chi connectivity index (χ2v) is 7.08. The Hall–Kier alpha value is -1.44. The summed E-state index contributed by atoms with van der Waals surface area (Å²) in [7, 11) is 0. The van der Waals surface area contributed by atoms with E-state index >= 15 is 0 Å². The van der Waals surface area contributed by atoms with Gasteiger partial charge in [0.05, 0.1) is 37.4 Å². The van der Waals surface area contributed by atoms with Gasteiger partial charge in [-0.05, 0) is 11.4 Å². The van der Waals surface area contributed by atoms with Gasteiger partial charge in [0.25, 0.3) is 5.91 Å². The molecule has 3 aliphatic rings. The molecule has 0 aromatic carbocycles. The number of rotatable bonds is 2. The third-order valence-electron chi connectivity index (χ3n) is 5.01. The Labute approximate surface area is 139 Å². The minimum absolute atomic E-state index is 0.00687. The van der Waals surface area contributed by atoms with Gasteiger partial charge in [0.15, 0.2) is 0 Å². The predicted molar refractivity (Wildman–Crippen MR) is 84.3 cm³/mol. The maximum absolute atomic E-state index is 12.7. The van der Waals surface area contributed by atoms with Crippen molar-refractivity contribution < 1.29 is 19.1 Å². The number of carbonyl (C=O) groups is 2. The normalized spacial score (nSPS) is 30.5. The van der Waals surface area contributed by atoms with Gasteiger partial charge in [0, 0.05) is 37.5 Å². The molecule has 124 valence electrons. The first-order valence-corrected chi connectivity index (χ1v) is 8.98. The first kappa shape index (κ1) is 15.1. The number of ether oxygens (including phenoxy) is 2. The summed E-state index contributed by atoms with van der Waals surface area (Å²) in [5.41, 5.74) is 0.728. The maximum atomic E-state index is 12.7. The first-order chi connectivity index (χ1) is 11.2. The van der Waals surface area contributed by atoms with Crippen LogP contribution < -0.4 is 0 Å². The Kier molecular flexibility index (Phi) is 4.09. The van der Waals surface area contributed by atoms with Crippen LogP contribution in [-0.4, -0.2) is 73.7 Å². The zero-order valence-corrected chi connectivity index (χ0v) is 13.7. The molecule has 1 aromatic rings. The maximum Gasteiger partial charge on any atom is 0.254 e. The van der Waals surface area contributed by atoms with Crippen molar-refractivity contribution in [1.29, 1.82) is 0 Å². The number of fused-ring (bicyclic) bond motifs is 1. The zero-order valence-electron chi connectivity index (χ0n) is 12.8. The second-order valence-electron chi connectivity index (χ2n) is 6.30. The summed E-state index contributed by atoms with van der Waals surface area (Å²) in [4.78, 5) is 28.9. The highest BCUT2D eigenvalue weighted by molar-refractivity contribution is 7.08. The summed E-state index contributed by atoms with van der Waals surface area (Å²) < 4.78 is 11.1. The number of hydrogen-bond acceptors (Lipinski definition) is 5. The van der Waals surface area contributed by atoms with Crippen LogP contribution in [0.3, 0.4) is 0 Å². The minimum Gasteiger partial charge on any atom is -0.378 e. The van der Waals surface area contributed by atoms with Crippen molar-refractivity contribution in [2.75, 3.05) is 46.0 Å². The molecule has 3 saturated heterocycles. The molecule has 0 bridgehead atoms. The van der Waals surface area contributed by atoms with Gasteiger partial charge in [-0.2, -0.15) is 11.3 Å². The Morgan fingerprint density at radius 3 is 2.74 bits per heavy atom. The lowest BCUT2D eigenvalue weighted by atomic mass is 9.92. The fourth-order valence-electron chi connectivity index (χ4n) is 3.72. The number of carbonyl (C=O) groups excluding carboxylic acids is 2. The highest BCUT2D eigenvalue weighted by Gasteiger charge is 2.49. The van der Waals surface area contributed by atoms with Crippen LogP contribution in [0.25, 0.3) is 0 Å². The van der Waals surface area contributed by atoms with Gasteiger partial charge in [-0.25, -0.2) is 0 Å². The van der Waals surface area contributed by atoms with Crippen LogP contribution in [0.4, 0.5) is 0 Å². The summed E-state index contributed by atoms with van der Waals surface area (Å²) >= 11 is 1.52. The molecule has 3 atom stereocenters. The zero-order chi connectivity index (χ0) is 15.8. The van der Waals surface area contributed by atoms with E-state index in [-0.39, 0.29) is 29.8 Å². The van der Waals surface area contributed by atoms with Crippen LogP contribution in [0.1, 0.15) is 10.4 Å². The van der Waals surface area contributed by atoms with Gasteiger partial charge in [0.2, 0.25) is 5.91 Å². The number of amides is 2. The average molecular weight is 336 g/mol. The van der Waals surface area contributed by atoms with Crippen molar-refractivity contribution in [3.8, 4) is 0 Å². The van der Waals surface area contributed by atoms with E-state index < -0.39 is 0 Å². The fourth-order valence-corrected chi connectivity index (χ4v) is 4.35. The molecule has 4 heterocycles. The lowest BCUT2D eigenvalue weighted by Gasteiger charge is -2.30. The van der Waals surface area contributed by atoms with E-state index in [0.717, 1.165) is 5.56 Å². The lowest BCUT2D eigenvalue weighted by Crippen LogP contribution is -2.46. The van der Waals surface area contributed by atoms with Crippen molar-refractivity contribution in [3.05, 3.63) is 22.4 Å². The molecule has 3 fully saturated rings. The molecule has 0 unspecified atom stereocenters. The second kappa shape index (κ2) is 6.22. The van der Waals surface area contributed by atoms with E-state index in [1.807, 2.05) is 26.6 Å². The quantitative estimate of drug-likeness (QED) is 0.797. The van der Waals surface area contributed by atoms with Crippen LogP contribution in [0, 0.1) is 11.8 Å². The standard InChI is InChI=1S/C16H20N2O4S/c19-15(11-1-6-23-10-11)18-7-12-13(9-22-14(12)8-18)16(20)17-2-4-21-5-3-17/h1,6,10,12-14H,2-5,7-9H2/t12-,13-,14-/m1/s1. The highest BCUT2D eigenvalue weighted by atomic mass is 32.1. The molecule has 0 N–H and O–H groups in total. The third kappa shape index (κ3) is 2.77. The smallest absolute Gasteiger partial charge is 0.254 e. The molecule has 0 radical (unpaired) electrons. The Balaban J connectivity index is 1.43. The number of hydrogen-bond donors (Lipinski definition) is 0. The number of nitrogens with zero attached hydrogens (tertiary/aromatic N) is 2. The van der Waals surface area contributed by atoms with E-state index in [1.54, 1.807) is 0 Å². The molecule has 23 heavy (non-hydrogen) atoms. The molecule has 0 saturated carbocycles. The molecule has 7 heteroatoms. The van der Waals surface area contributed by atoms with E-state index in [0.29, 0.717) is 46.0 Å². The van der Waals surface area contributed by atoms with Gasteiger partial charge < -0.3 is 19.3 Å². The Bertz CT molecular complexity index is 585. The molecule has 3 aliphatic heterocycles. The van der Waals surface area contributed by atoms with E-state index in [2.05, 4.69) is 0 Å². The van der Waals surface area contributed by atoms with Crippen molar-refractivity contribution >= 4 is 23.2 Å². The molecule has 2 amide bonds. The van der Waals surface area contributed by atoms with E-state index in [1.165, 1.54) is 11.3 Å². The topological polar surface area (TPSA) is 59.1 Å². The fraction of sp³-hybridized carbons (Fsp3) is 0.625. The van der Waals surface area contributed by atoms with Crippen molar-refractivity contribution in [3.63, 3.8) is 0 Å². The van der Waals surface area contributed by atoms with Crippen molar-refractivity contribution in [2.24, 2.45) is 11.8 Å². The van der Waals surface area contributed by atoms with Gasteiger partial charge in [-0.3, -0.25) is 9.59 Å². The summed E-state index contributed by atoms with van der Waals surface area (Å²) in [6.07, 6.45) is -0.00687. The third-order valence-corrected chi connectivity index (χ3v) is 5.69. The molecule has 1 aromatic heterocycles. The summed E-state index contributed by atoms with van der Waals surface area (Å²) in [5, 5.41) is 3.78. The minimum atomic E-state index is -0.127. The van der Waals surface area contributed by atoms with Crippen LogP contribution in [0.2, 0.25) is 0 Å². The molecule has 4 rings (SSSR count). The highest BCUT2D eigenvalue weighted by Crippen LogP contribution is 2.35. The SMILES string of the molecule is O=C(c1ccsc1)N1C[C@H]2[C@@H](C1)OC[C@H]2C(=O)N1CCOCC1. The lowest BCUT2D eigenvalue weighted by molar-refractivity contribution is -0.140. The summed E-state index contributed by atoms with van der Waals surface area (Å²) in [5.74, 6) is 0.193. The van der Waals surface area contributed by atoms with Crippen LogP contribution >= 0.6 is 11.3 Å². The largest absolute Gasteiger partial charge is 0.378 e. The number of morpholine rings is 1. The number of likely N-dealkylation sites (tertiary alicyclic amines) is 1. The van der Waals surface area contributed by atoms with E-state index in [4.69, 9.17) is 9.47 Å². The van der Waals surface area contributed by atoms with Crippen LogP contribution in [-0.2, 0) is 14.3 Å². The Morgan fingerprint density at radius 2 is 2.00 bits per heavy atom. The summed E-state index contributed by atoms with van der Waals surface area (Å²) in [6.45, 7) is 4.21. The molecule has 6 nitrogen and oxygen atoms in total. The first-order valence-electron chi connectivity index (χ1n) is 8.03. The van der Waals surface area contributed by atoms with Gasteiger partial charge >= 0.3 is 0 Å². The van der Waals surface area contributed by atoms with Gasteiger partial charge in [0.1, 0.15) is 0 Å². The molecular formula is C16H20N2O4S.